The maximum absolute atomic E-state index is 11.8. The summed E-state index contributed by atoms with van der Waals surface area (Å²) >= 11 is 0. The second kappa shape index (κ2) is 4.96. The van der Waals surface area contributed by atoms with E-state index in [-0.39, 0.29) is 17.1 Å². The van der Waals surface area contributed by atoms with Crippen LogP contribution in [0.1, 0.15) is 0 Å². The molecule has 0 spiro atoms. The van der Waals surface area contributed by atoms with Crippen molar-refractivity contribution in [2.45, 2.75) is 0 Å². The Kier molecular flexibility index (Phi) is 3.10. The topological polar surface area (TPSA) is 84.0 Å². The van der Waals surface area contributed by atoms with Gasteiger partial charge < -0.3 is 4.74 Å². The summed E-state index contributed by atoms with van der Waals surface area (Å²) in [4.78, 5) is 49.0. The smallest absolute Gasteiger partial charge is 0.258 e. The summed E-state index contributed by atoms with van der Waals surface area (Å²) in [5.74, 6) is -1.73. The van der Waals surface area contributed by atoms with Crippen LogP contribution >= 0.6 is 0 Å². The number of ether oxygens (including phenoxy) is 1. The van der Waals surface area contributed by atoms with E-state index in [1.165, 1.54) is 25.3 Å². The molecule has 7 nitrogen and oxygen atoms in total. The zero-order valence-electron chi connectivity index (χ0n) is 11.5. The predicted molar refractivity (Wildman–Crippen MR) is 76.3 cm³/mol. The lowest BCUT2D eigenvalue weighted by molar-refractivity contribution is -0.121. The number of hydrogen-bond acceptors (Lipinski definition) is 5. The van der Waals surface area contributed by atoms with E-state index < -0.39 is 23.6 Å². The molecule has 0 aliphatic carbocycles. The second-order valence-electron chi connectivity index (χ2n) is 4.55. The van der Waals surface area contributed by atoms with Gasteiger partial charge in [-0.25, -0.2) is 9.80 Å². The molecule has 4 amide bonds. The molecule has 110 valence electrons. The molecule has 7 heteroatoms. The van der Waals surface area contributed by atoms with Gasteiger partial charge in [-0.1, -0.05) is 0 Å². The van der Waals surface area contributed by atoms with E-state index in [4.69, 9.17) is 4.74 Å². The summed E-state index contributed by atoms with van der Waals surface area (Å²) in [5.41, 5.74) is 0.427. The van der Waals surface area contributed by atoms with Crippen molar-refractivity contribution in [3.63, 3.8) is 0 Å². The molecule has 2 aliphatic rings. The van der Waals surface area contributed by atoms with Crippen molar-refractivity contribution in [2.75, 3.05) is 16.9 Å². The number of anilines is 2. The average molecular weight is 298 g/mol. The molecule has 2 aliphatic heterocycles. The molecule has 2 heterocycles. The molecule has 0 saturated carbocycles. The van der Waals surface area contributed by atoms with Crippen LogP contribution in [0.4, 0.5) is 11.4 Å². The van der Waals surface area contributed by atoms with Crippen molar-refractivity contribution in [1.82, 2.24) is 0 Å². The first-order chi connectivity index (χ1) is 10.5. The summed E-state index contributed by atoms with van der Waals surface area (Å²) in [6, 6.07) is 4.39. The van der Waals surface area contributed by atoms with Gasteiger partial charge in [-0.05, 0) is 18.2 Å². The fourth-order valence-corrected chi connectivity index (χ4v) is 2.28. The third-order valence-corrected chi connectivity index (χ3v) is 3.28. The molecule has 0 aromatic heterocycles. The van der Waals surface area contributed by atoms with E-state index in [2.05, 4.69) is 0 Å². The second-order valence-corrected chi connectivity index (χ2v) is 4.55. The Balaban J connectivity index is 2.08. The minimum atomic E-state index is -0.516. The van der Waals surface area contributed by atoms with Gasteiger partial charge in [0.05, 0.1) is 18.5 Å². The highest BCUT2D eigenvalue weighted by atomic mass is 16.5. The summed E-state index contributed by atoms with van der Waals surface area (Å²) in [5, 5.41) is 0. The molecule has 22 heavy (non-hydrogen) atoms. The number of hydrogen-bond donors (Lipinski definition) is 0. The fraction of sp³-hybridized carbons (Fsp3) is 0.0667. The summed E-state index contributed by atoms with van der Waals surface area (Å²) in [7, 11) is 1.39. The van der Waals surface area contributed by atoms with E-state index in [1.54, 1.807) is 0 Å². The number of amides is 4. The van der Waals surface area contributed by atoms with E-state index >= 15 is 0 Å². The van der Waals surface area contributed by atoms with E-state index in [0.29, 0.717) is 0 Å². The number of imide groups is 2. The lowest BCUT2D eigenvalue weighted by atomic mass is 10.2. The standard InChI is InChI=1S/C15H10N2O5/c1-22-11-3-2-9(16-12(18)4-5-13(16)19)8-10(11)17-14(20)6-7-15(17)21/h2-8H,1H3. The number of benzene rings is 1. The van der Waals surface area contributed by atoms with Crippen LogP contribution < -0.4 is 14.5 Å². The van der Waals surface area contributed by atoms with Crippen LogP contribution in [0, 0.1) is 0 Å². The van der Waals surface area contributed by atoms with Crippen molar-refractivity contribution in [1.29, 1.82) is 0 Å². The quantitative estimate of drug-likeness (QED) is 0.761. The zero-order valence-corrected chi connectivity index (χ0v) is 11.5. The van der Waals surface area contributed by atoms with Gasteiger partial charge in [-0.15, -0.1) is 0 Å². The molecule has 0 saturated heterocycles. The first kappa shape index (κ1) is 13.7. The molecular formula is C15H10N2O5. The monoisotopic (exact) mass is 298 g/mol. The molecule has 0 unspecified atom stereocenters. The Labute approximate surface area is 125 Å². The normalized spacial score (nSPS) is 17.1. The maximum Gasteiger partial charge on any atom is 0.258 e. The summed E-state index contributed by atoms with van der Waals surface area (Å²) < 4.78 is 5.15. The first-order valence-corrected chi connectivity index (χ1v) is 6.33. The number of methoxy groups -OCH3 is 1. The van der Waals surface area contributed by atoms with Gasteiger partial charge in [-0.3, -0.25) is 19.2 Å². The lowest BCUT2D eigenvalue weighted by Crippen LogP contribution is -2.32. The first-order valence-electron chi connectivity index (χ1n) is 6.33. The number of carbonyl (C=O) groups excluding carboxylic acids is 4. The molecule has 1 aromatic rings. The number of nitrogens with zero attached hydrogens (tertiary/aromatic N) is 2. The van der Waals surface area contributed by atoms with Crippen molar-refractivity contribution >= 4 is 35.0 Å². The Morgan fingerprint density at radius 1 is 0.773 bits per heavy atom. The van der Waals surface area contributed by atoms with Crippen LogP contribution in [-0.2, 0) is 19.2 Å². The van der Waals surface area contributed by atoms with Crippen LogP contribution in [0.25, 0.3) is 0 Å². The summed E-state index contributed by atoms with van der Waals surface area (Å²) in [6.07, 6.45) is 4.59. The largest absolute Gasteiger partial charge is 0.495 e. The van der Waals surface area contributed by atoms with Gasteiger partial charge in [0, 0.05) is 24.3 Å². The van der Waals surface area contributed by atoms with E-state index in [0.717, 1.165) is 34.1 Å². The highest BCUT2D eigenvalue weighted by Gasteiger charge is 2.31. The van der Waals surface area contributed by atoms with Gasteiger partial charge >= 0.3 is 0 Å². The van der Waals surface area contributed by atoms with Gasteiger partial charge in [-0.2, -0.15) is 0 Å². The predicted octanol–water partition coefficient (Wildman–Crippen LogP) is 0.554. The minimum absolute atomic E-state index is 0.174. The number of rotatable bonds is 3. The Bertz CT molecular complexity index is 742. The Morgan fingerprint density at radius 2 is 1.27 bits per heavy atom. The van der Waals surface area contributed by atoms with Crippen molar-refractivity contribution in [3.8, 4) is 5.75 Å². The SMILES string of the molecule is COc1ccc(N2C(=O)C=CC2=O)cc1N1C(=O)C=CC1=O. The van der Waals surface area contributed by atoms with Gasteiger partial charge in [0.25, 0.3) is 23.6 Å². The highest BCUT2D eigenvalue weighted by molar-refractivity contribution is 6.30. The van der Waals surface area contributed by atoms with Crippen LogP contribution in [0.3, 0.4) is 0 Å². The van der Waals surface area contributed by atoms with Crippen LogP contribution in [0.2, 0.25) is 0 Å². The third kappa shape index (κ3) is 1.99. The molecule has 0 atom stereocenters. The average Bonchev–Trinajstić information content (AvgIpc) is 3.01. The van der Waals surface area contributed by atoms with E-state index in [9.17, 15) is 19.2 Å². The molecule has 0 bridgehead atoms. The third-order valence-electron chi connectivity index (χ3n) is 3.28. The molecule has 0 N–H and O–H groups in total. The van der Waals surface area contributed by atoms with E-state index in [1.807, 2.05) is 0 Å². The molecule has 0 radical (unpaired) electrons. The van der Waals surface area contributed by atoms with Crippen LogP contribution in [0.15, 0.2) is 42.5 Å². The highest BCUT2D eigenvalue weighted by Crippen LogP contribution is 2.35. The molecule has 0 fully saturated rings. The van der Waals surface area contributed by atoms with Crippen molar-refractivity contribution < 1.29 is 23.9 Å². The zero-order chi connectivity index (χ0) is 15.9. The Morgan fingerprint density at radius 3 is 1.77 bits per heavy atom. The van der Waals surface area contributed by atoms with Crippen molar-refractivity contribution in [3.05, 3.63) is 42.5 Å². The van der Waals surface area contributed by atoms with Gasteiger partial charge in [0.1, 0.15) is 5.75 Å². The minimum Gasteiger partial charge on any atom is -0.495 e. The molecule has 1 aromatic carbocycles. The maximum atomic E-state index is 11.8. The van der Waals surface area contributed by atoms with Gasteiger partial charge in [0.15, 0.2) is 0 Å². The Hall–Kier alpha value is -3.22. The fourth-order valence-electron chi connectivity index (χ4n) is 2.28. The van der Waals surface area contributed by atoms with Crippen LogP contribution in [-0.4, -0.2) is 30.7 Å². The van der Waals surface area contributed by atoms with Gasteiger partial charge in [0.2, 0.25) is 0 Å². The molecule has 3 rings (SSSR count). The lowest BCUT2D eigenvalue weighted by Gasteiger charge is -2.21. The summed E-state index contributed by atoms with van der Waals surface area (Å²) in [6.45, 7) is 0. The molecular weight excluding hydrogens is 288 g/mol. The van der Waals surface area contributed by atoms with Crippen LogP contribution in [0.5, 0.6) is 5.75 Å². The number of carbonyl (C=O) groups is 4. The van der Waals surface area contributed by atoms with Crippen molar-refractivity contribution in [2.24, 2.45) is 0 Å².